The molecule has 1 amide bonds. The molecule has 3 aromatic rings. The number of guanidine groups is 1. The lowest BCUT2D eigenvalue weighted by Gasteiger charge is -1.98. The Morgan fingerprint density at radius 2 is 2.18 bits per heavy atom. The van der Waals surface area contributed by atoms with Crippen LogP contribution in [0.2, 0.25) is 0 Å². The van der Waals surface area contributed by atoms with Crippen molar-refractivity contribution in [2.45, 2.75) is 0 Å². The molecule has 0 aliphatic heterocycles. The summed E-state index contributed by atoms with van der Waals surface area (Å²) in [4.78, 5) is 19.7. The molecule has 0 atom stereocenters. The topological polar surface area (TPSA) is 93.5 Å². The van der Waals surface area contributed by atoms with Crippen LogP contribution in [0.1, 0.15) is 5.76 Å². The molecule has 0 aliphatic carbocycles. The first-order valence-electron chi connectivity index (χ1n) is 6.43. The third-order valence-electron chi connectivity index (χ3n) is 2.69. The maximum atomic E-state index is 11.7. The summed E-state index contributed by atoms with van der Waals surface area (Å²) in [5.41, 5.74) is 6.57. The number of rotatable bonds is 3. The largest absolute Gasteiger partial charge is 0.465 e. The maximum Gasteiger partial charge on any atom is 0.273 e. The number of fused-ring (bicyclic) bond motifs is 1. The number of para-hydroxylation sites is 1. The zero-order valence-corrected chi connectivity index (χ0v) is 12.2. The summed E-state index contributed by atoms with van der Waals surface area (Å²) in [7, 11) is 0. The second-order valence-electron chi connectivity index (χ2n) is 4.30. The molecule has 6 nitrogen and oxygen atoms in total. The van der Waals surface area contributed by atoms with Crippen molar-refractivity contribution < 1.29 is 9.21 Å². The lowest BCUT2D eigenvalue weighted by atomic mass is 10.3. The number of nitrogens with zero attached hydrogens (tertiary/aromatic N) is 2. The predicted octanol–water partition coefficient (Wildman–Crippen LogP) is 2.86. The summed E-state index contributed by atoms with van der Waals surface area (Å²) in [5.74, 6) is 0.0805. The van der Waals surface area contributed by atoms with Crippen molar-refractivity contribution in [3.63, 3.8) is 0 Å². The van der Waals surface area contributed by atoms with Crippen LogP contribution in [0.4, 0.5) is 5.13 Å². The van der Waals surface area contributed by atoms with Gasteiger partial charge in [-0.25, -0.2) is 4.98 Å². The van der Waals surface area contributed by atoms with Crippen LogP contribution in [0.3, 0.4) is 0 Å². The highest BCUT2D eigenvalue weighted by molar-refractivity contribution is 7.22. The van der Waals surface area contributed by atoms with Gasteiger partial charge in [0, 0.05) is 6.08 Å². The molecule has 3 N–H and O–H groups in total. The van der Waals surface area contributed by atoms with Crippen molar-refractivity contribution in [2.75, 3.05) is 5.32 Å². The normalized spacial score (nSPS) is 12.1. The molecule has 0 saturated carbocycles. The number of benzene rings is 1. The van der Waals surface area contributed by atoms with Gasteiger partial charge in [0.05, 0.1) is 16.5 Å². The van der Waals surface area contributed by atoms with Crippen molar-refractivity contribution in [3.8, 4) is 0 Å². The monoisotopic (exact) mass is 312 g/mol. The first-order chi connectivity index (χ1) is 10.7. The fraction of sp³-hybridized carbons (Fsp3) is 0. The molecule has 7 heteroatoms. The number of aliphatic imine (C=N–C) groups is 1. The molecule has 0 spiro atoms. The number of carbonyl (C=O) groups is 1. The second-order valence-corrected chi connectivity index (χ2v) is 5.33. The average molecular weight is 312 g/mol. The van der Waals surface area contributed by atoms with Crippen LogP contribution >= 0.6 is 11.3 Å². The van der Waals surface area contributed by atoms with Crippen LogP contribution in [-0.2, 0) is 4.79 Å². The number of aromatic nitrogens is 1. The fourth-order valence-corrected chi connectivity index (χ4v) is 2.63. The van der Waals surface area contributed by atoms with Gasteiger partial charge >= 0.3 is 0 Å². The highest BCUT2D eigenvalue weighted by Crippen LogP contribution is 2.24. The summed E-state index contributed by atoms with van der Waals surface area (Å²) in [6, 6.07) is 11.2. The standard InChI is InChI=1S/C15H12N4O2S/c16-14(18-13(20)8-7-10-4-3-9-21-10)19-15-17-11-5-1-2-6-12(11)22-15/h1-9H,(H3,16,17,18,19,20)/b8-7+. The summed E-state index contributed by atoms with van der Waals surface area (Å²) in [6.07, 6.45) is 4.33. The van der Waals surface area contributed by atoms with Gasteiger partial charge in [0.15, 0.2) is 5.13 Å². The van der Waals surface area contributed by atoms with Crippen LogP contribution in [-0.4, -0.2) is 16.9 Å². The Bertz CT molecular complexity index is 816. The van der Waals surface area contributed by atoms with E-state index < -0.39 is 5.91 Å². The molecular formula is C15H12N4O2S. The fourth-order valence-electron chi connectivity index (χ4n) is 1.76. The Hall–Kier alpha value is -2.93. The number of amides is 1. The highest BCUT2D eigenvalue weighted by Gasteiger charge is 2.04. The number of anilines is 1. The van der Waals surface area contributed by atoms with Gasteiger partial charge < -0.3 is 15.5 Å². The molecule has 0 radical (unpaired) electrons. The number of carbonyl (C=O) groups excluding carboxylic acids is 1. The van der Waals surface area contributed by atoms with Crippen molar-refractivity contribution in [3.05, 3.63) is 54.5 Å². The molecular weight excluding hydrogens is 300 g/mol. The van der Waals surface area contributed by atoms with E-state index in [2.05, 4.69) is 15.3 Å². The first kappa shape index (κ1) is 14.0. The number of nitrogens with one attached hydrogen (secondary N) is 1. The van der Waals surface area contributed by atoms with Crippen LogP contribution in [0, 0.1) is 0 Å². The third kappa shape index (κ3) is 3.39. The predicted molar refractivity (Wildman–Crippen MR) is 87.6 cm³/mol. The van der Waals surface area contributed by atoms with Gasteiger partial charge in [-0.3, -0.25) is 4.79 Å². The Morgan fingerprint density at radius 1 is 1.32 bits per heavy atom. The molecule has 0 bridgehead atoms. The lowest BCUT2D eigenvalue weighted by Crippen LogP contribution is -2.23. The zero-order chi connectivity index (χ0) is 15.4. The summed E-state index contributed by atoms with van der Waals surface area (Å²) < 4.78 is 6.10. The Balaban J connectivity index is 1.67. The molecule has 0 saturated heterocycles. The number of hydrogen-bond acceptors (Lipinski definition) is 4. The van der Waals surface area contributed by atoms with E-state index >= 15 is 0 Å². The van der Waals surface area contributed by atoms with E-state index in [1.54, 1.807) is 12.1 Å². The molecule has 22 heavy (non-hydrogen) atoms. The van der Waals surface area contributed by atoms with Crippen LogP contribution in [0.25, 0.3) is 16.3 Å². The summed E-state index contributed by atoms with van der Waals surface area (Å²) >= 11 is 1.44. The van der Waals surface area contributed by atoms with Gasteiger partial charge in [-0.15, -0.1) is 0 Å². The van der Waals surface area contributed by atoms with Crippen molar-refractivity contribution in [1.29, 1.82) is 0 Å². The van der Waals surface area contributed by atoms with Crippen LogP contribution in [0.5, 0.6) is 0 Å². The Morgan fingerprint density at radius 3 is 2.95 bits per heavy atom. The van der Waals surface area contributed by atoms with Gasteiger partial charge in [-0.1, -0.05) is 23.5 Å². The van der Waals surface area contributed by atoms with Gasteiger partial charge in [0.2, 0.25) is 5.96 Å². The first-order valence-corrected chi connectivity index (χ1v) is 7.25. The van der Waals surface area contributed by atoms with Crippen molar-refractivity contribution >= 4 is 44.6 Å². The minimum absolute atomic E-state index is 0.00634. The van der Waals surface area contributed by atoms with E-state index in [1.807, 2.05) is 24.3 Å². The molecule has 110 valence electrons. The van der Waals surface area contributed by atoms with Crippen LogP contribution < -0.4 is 11.1 Å². The maximum absolute atomic E-state index is 11.7. The number of nitrogens with two attached hydrogens (primary N) is 1. The molecule has 2 aromatic heterocycles. The smallest absolute Gasteiger partial charge is 0.273 e. The molecule has 2 heterocycles. The van der Waals surface area contributed by atoms with E-state index in [9.17, 15) is 4.79 Å². The van der Waals surface area contributed by atoms with E-state index in [4.69, 9.17) is 10.2 Å². The van der Waals surface area contributed by atoms with Crippen LogP contribution in [0.15, 0.2) is 58.1 Å². The Labute approximate surface area is 130 Å². The van der Waals surface area contributed by atoms with E-state index in [0.29, 0.717) is 10.9 Å². The summed E-state index contributed by atoms with van der Waals surface area (Å²) in [5, 5.41) is 3.40. The van der Waals surface area contributed by atoms with Crippen molar-refractivity contribution in [2.24, 2.45) is 10.7 Å². The zero-order valence-electron chi connectivity index (χ0n) is 11.4. The highest BCUT2D eigenvalue weighted by atomic mass is 32.1. The lowest BCUT2D eigenvalue weighted by molar-refractivity contribution is -0.113. The molecule has 0 unspecified atom stereocenters. The number of hydrogen-bond donors (Lipinski definition) is 2. The minimum Gasteiger partial charge on any atom is -0.465 e. The SMILES string of the molecule is N/C(=N\C(=O)/C=C/c1ccco1)Nc1nc2ccccc2s1. The van der Waals surface area contributed by atoms with Gasteiger partial charge in [-0.05, 0) is 30.3 Å². The third-order valence-corrected chi connectivity index (χ3v) is 3.64. The van der Waals surface area contributed by atoms with Gasteiger partial charge in [0.25, 0.3) is 5.91 Å². The van der Waals surface area contributed by atoms with Gasteiger partial charge in [-0.2, -0.15) is 4.99 Å². The average Bonchev–Trinajstić information content (AvgIpc) is 3.13. The van der Waals surface area contributed by atoms with E-state index in [1.165, 1.54) is 29.8 Å². The summed E-state index contributed by atoms with van der Waals surface area (Å²) in [6.45, 7) is 0. The second kappa shape index (κ2) is 6.23. The minimum atomic E-state index is -0.484. The quantitative estimate of drug-likeness (QED) is 0.440. The molecule has 0 aliphatic rings. The number of furan rings is 1. The molecule has 1 aromatic carbocycles. The van der Waals surface area contributed by atoms with Gasteiger partial charge in [0.1, 0.15) is 5.76 Å². The van der Waals surface area contributed by atoms with E-state index in [0.717, 1.165) is 10.2 Å². The molecule has 3 rings (SSSR count). The van der Waals surface area contributed by atoms with Crippen molar-refractivity contribution in [1.82, 2.24) is 4.98 Å². The number of thiazole rings is 1. The van der Waals surface area contributed by atoms with E-state index in [-0.39, 0.29) is 5.96 Å². The molecule has 0 fully saturated rings. The Kier molecular flexibility index (Phi) is 3.97.